The summed E-state index contributed by atoms with van der Waals surface area (Å²) in [6.45, 7) is 0. The third-order valence-corrected chi connectivity index (χ3v) is 6.20. The van der Waals surface area contributed by atoms with Crippen molar-refractivity contribution in [1.82, 2.24) is 10.4 Å². The Kier molecular flexibility index (Phi) is 5.17. The van der Waals surface area contributed by atoms with Crippen molar-refractivity contribution in [2.24, 2.45) is 5.84 Å². The lowest BCUT2D eigenvalue weighted by Gasteiger charge is -2.14. The van der Waals surface area contributed by atoms with Gasteiger partial charge < -0.3 is 0 Å². The largest absolute Gasteiger partial charge is 0.271 e. The van der Waals surface area contributed by atoms with Crippen LogP contribution in [0.1, 0.15) is 16.5 Å². The molecule has 2 rings (SSSR count). The average molecular weight is 412 g/mol. The van der Waals surface area contributed by atoms with Gasteiger partial charge in [-0.25, -0.2) is 0 Å². The van der Waals surface area contributed by atoms with Crippen LogP contribution in [0.5, 0.6) is 0 Å². The van der Waals surface area contributed by atoms with Crippen LogP contribution < -0.4 is 11.3 Å². The maximum absolute atomic E-state index is 6.10. The van der Waals surface area contributed by atoms with Gasteiger partial charge in [0.05, 0.1) is 14.9 Å². The van der Waals surface area contributed by atoms with Gasteiger partial charge >= 0.3 is 0 Å². The lowest BCUT2D eigenvalue weighted by Crippen LogP contribution is -2.29. The van der Waals surface area contributed by atoms with Crippen molar-refractivity contribution in [3.05, 3.63) is 48.2 Å². The zero-order chi connectivity index (χ0) is 13.1. The molecule has 2 aromatic rings. The minimum Gasteiger partial charge on any atom is -0.271 e. The second-order valence-electron chi connectivity index (χ2n) is 3.66. The number of pyridine rings is 1. The number of aromatic nitrogens is 1. The van der Waals surface area contributed by atoms with Crippen LogP contribution in [0.15, 0.2) is 32.8 Å². The Morgan fingerprint density at radius 3 is 2.83 bits per heavy atom. The van der Waals surface area contributed by atoms with E-state index in [0.717, 1.165) is 25.1 Å². The van der Waals surface area contributed by atoms with Crippen molar-refractivity contribution in [1.29, 1.82) is 0 Å². The predicted molar refractivity (Wildman–Crippen MR) is 82.7 cm³/mol. The van der Waals surface area contributed by atoms with Gasteiger partial charge in [-0.2, -0.15) is 0 Å². The quantitative estimate of drug-likeness (QED) is 0.589. The van der Waals surface area contributed by atoms with Crippen LogP contribution in [-0.2, 0) is 6.42 Å². The minimum absolute atomic E-state index is 0.0255. The number of nitrogens with one attached hydrogen (secondary N) is 1. The van der Waals surface area contributed by atoms with E-state index in [0.29, 0.717) is 5.02 Å². The molecule has 2 aromatic heterocycles. The van der Waals surface area contributed by atoms with Crippen LogP contribution in [0.2, 0.25) is 5.02 Å². The summed E-state index contributed by atoms with van der Waals surface area (Å²) in [5, 5.41) is 0.660. The van der Waals surface area contributed by atoms with Crippen LogP contribution in [0.25, 0.3) is 0 Å². The van der Waals surface area contributed by atoms with Crippen molar-refractivity contribution >= 4 is 54.8 Å². The SMILES string of the molecule is NNC(Cc1ccncc1Cl)c1cc(Br)c(Br)s1. The summed E-state index contributed by atoms with van der Waals surface area (Å²) in [4.78, 5) is 5.12. The van der Waals surface area contributed by atoms with E-state index in [-0.39, 0.29) is 6.04 Å². The van der Waals surface area contributed by atoms with E-state index >= 15 is 0 Å². The number of rotatable bonds is 4. The number of thiophene rings is 1. The Morgan fingerprint density at radius 1 is 1.50 bits per heavy atom. The minimum atomic E-state index is 0.0255. The Hall–Kier alpha value is 0.0200. The van der Waals surface area contributed by atoms with E-state index < -0.39 is 0 Å². The Balaban J connectivity index is 2.22. The van der Waals surface area contributed by atoms with Crippen LogP contribution in [0.4, 0.5) is 0 Å². The smallest absolute Gasteiger partial charge is 0.0843 e. The van der Waals surface area contributed by atoms with Gasteiger partial charge in [0.2, 0.25) is 0 Å². The van der Waals surface area contributed by atoms with Gasteiger partial charge in [-0.3, -0.25) is 16.3 Å². The first-order valence-electron chi connectivity index (χ1n) is 5.11. The van der Waals surface area contributed by atoms with Crippen LogP contribution >= 0.6 is 54.8 Å². The summed E-state index contributed by atoms with van der Waals surface area (Å²) in [5.74, 6) is 5.63. The molecular weight excluding hydrogens is 401 g/mol. The molecule has 96 valence electrons. The van der Waals surface area contributed by atoms with Crippen molar-refractivity contribution in [3.63, 3.8) is 0 Å². The van der Waals surface area contributed by atoms with Crippen molar-refractivity contribution < 1.29 is 0 Å². The maximum Gasteiger partial charge on any atom is 0.0843 e. The summed E-state index contributed by atoms with van der Waals surface area (Å²) >= 11 is 14.7. The third kappa shape index (κ3) is 3.31. The molecular formula is C11H10Br2ClN3S. The number of nitrogens with two attached hydrogens (primary N) is 1. The maximum atomic E-state index is 6.10. The molecule has 0 aliphatic rings. The van der Waals surface area contributed by atoms with E-state index in [4.69, 9.17) is 17.4 Å². The van der Waals surface area contributed by atoms with Gasteiger partial charge in [-0.05, 0) is 56.0 Å². The second-order valence-corrected chi connectivity index (χ2v) is 7.32. The molecule has 0 aliphatic carbocycles. The molecule has 7 heteroatoms. The molecule has 0 spiro atoms. The van der Waals surface area contributed by atoms with Crippen molar-refractivity contribution in [2.75, 3.05) is 0 Å². The lowest BCUT2D eigenvalue weighted by molar-refractivity contribution is 0.560. The molecule has 1 atom stereocenters. The van der Waals surface area contributed by atoms with Gasteiger partial charge in [0.25, 0.3) is 0 Å². The molecule has 0 radical (unpaired) electrons. The van der Waals surface area contributed by atoms with Crippen molar-refractivity contribution in [3.8, 4) is 0 Å². The molecule has 0 amide bonds. The molecule has 3 nitrogen and oxygen atoms in total. The highest BCUT2D eigenvalue weighted by Gasteiger charge is 2.16. The van der Waals surface area contributed by atoms with Crippen molar-refractivity contribution in [2.45, 2.75) is 12.5 Å². The van der Waals surface area contributed by atoms with E-state index in [1.165, 1.54) is 0 Å². The molecule has 0 aliphatic heterocycles. The van der Waals surface area contributed by atoms with E-state index in [1.807, 2.05) is 12.1 Å². The van der Waals surface area contributed by atoms with E-state index in [2.05, 4.69) is 42.3 Å². The summed E-state index contributed by atoms with van der Waals surface area (Å²) in [5.41, 5.74) is 3.85. The van der Waals surface area contributed by atoms with Gasteiger partial charge in [0, 0.05) is 21.7 Å². The number of hydrogen-bond donors (Lipinski definition) is 2. The monoisotopic (exact) mass is 409 g/mol. The predicted octanol–water partition coefficient (Wildman–Crippen LogP) is 4.07. The van der Waals surface area contributed by atoms with Crippen LogP contribution in [0, 0.1) is 0 Å². The fourth-order valence-electron chi connectivity index (χ4n) is 1.57. The topological polar surface area (TPSA) is 50.9 Å². The van der Waals surface area contributed by atoms with Gasteiger partial charge in [-0.1, -0.05) is 11.6 Å². The standard InChI is InChI=1S/C11H10Br2ClN3S/c12-7-4-10(18-11(7)13)9(17-15)3-6-1-2-16-5-8(6)14/h1-2,4-5,9,17H,3,15H2. The Labute approximate surface area is 131 Å². The summed E-state index contributed by atoms with van der Waals surface area (Å²) in [6.07, 6.45) is 4.09. The highest BCUT2D eigenvalue weighted by Crippen LogP contribution is 2.36. The molecule has 0 fully saturated rings. The molecule has 1 unspecified atom stereocenters. The number of hydrogen-bond acceptors (Lipinski definition) is 4. The van der Waals surface area contributed by atoms with Gasteiger partial charge in [-0.15, -0.1) is 11.3 Å². The summed E-state index contributed by atoms with van der Waals surface area (Å²) in [7, 11) is 0. The average Bonchev–Trinajstić information content (AvgIpc) is 2.68. The fraction of sp³-hybridized carbons (Fsp3) is 0.182. The molecule has 0 aromatic carbocycles. The molecule has 2 heterocycles. The van der Waals surface area contributed by atoms with E-state index in [9.17, 15) is 0 Å². The summed E-state index contributed by atoms with van der Waals surface area (Å²) < 4.78 is 2.09. The molecule has 3 N–H and O–H groups in total. The molecule has 0 bridgehead atoms. The first-order valence-corrected chi connectivity index (χ1v) is 7.89. The Bertz CT molecular complexity index is 527. The molecule has 0 saturated carbocycles. The second kappa shape index (κ2) is 6.45. The number of halogens is 3. The van der Waals surface area contributed by atoms with Gasteiger partial charge in [0.1, 0.15) is 0 Å². The lowest BCUT2D eigenvalue weighted by atomic mass is 10.1. The van der Waals surface area contributed by atoms with Gasteiger partial charge in [0.15, 0.2) is 0 Å². The van der Waals surface area contributed by atoms with Crippen LogP contribution in [-0.4, -0.2) is 4.98 Å². The first kappa shape index (κ1) is 14.4. The van der Waals surface area contributed by atoms with Crippen LogP contribution in [0.3, 0.4) is 0 Å². The highest BCUT2D eigenvalue weighted by molar-refractivity contribution is 9.13. The highest BCUT2D eigenvalue weighted by atomic mass is 79.9. The Morgan fingerprint density at radius 2 is 2.28 bits per heavy atom. The fourth-order valence-corrected chi connectivity index (χ4v) is 3.91. The normalized spacial score (nSPS) is 12.7. The zero-order valence-electron chi connectivity index (χ0n) is 9.16. The third-order valence-electron chi connectivity index (χ3n) is 2.49. The number of hydrazine groups is 1. The molecule has 0 saturated heterocycles. The first-order chi connectivity index (χ1) is 8.61. The van der Waals surface area contributed by atoms with E-state index in [1.54, 1.807) is 23.7 Å². The summed E-state index contributed by atoms with van der Waals surface area (Å²) in [6, 6.07) is 3.98. The molecule has 18 heavy (non-hydrogen) atoms. The number of nitrogens with zero attached hydrogens (tertiary/aromatic N) is 1. The zero-order valence-corrected chi connectivity index (χ0v) is 13.9.